The van der Waals surface area contributed by atoms with Crippen LogP contribution < -0.4 is 4.90 Å². The van der Waals surface area contributed by atoms with E-state index >= 15 is 0 Å². The predicted molar refractivity (Wildman–Crippen MR) is 96.6 cm³/mol. The van der Waals surface area contributed by atoms with Crippen molar-refractivity contribution in [1.29, 1.82) is 0 Å². The molecule has 2 atom stereocenters. The van der Waals surface area contributed by atoms with Gasteiger partial charge in [-0.2, -0.15) is 5.10 Å². The molecule has 0 aliphatic carbocycles. The second-order valence-electron chi connectivity index (χ2n) is 7.24. The first-order chi connectivity index (χ1) is 12.6. The summed E-state index contributed by atoms with van der Waals surface area (Å²) in [5, 5.41) is 4.17. The molecule has 8 nitrogen and oxygen atoms in total. The third-order valence-corrected chi connectivity index (χ3v) is 5.35. The van der Waals surface area contributed by atoms with E-state index in [1.165, 1.54) is 0 Å². The Hall–Kier alpha value is -2.19. The highest BCUT2D eigenvalue weighted by Gasteiger charge is 2.34. The van der Waals surface area contributed by atoms with Crippen LogP contribution in [0.4, 0.5) is 5.69 Å². The van der Waals surface area contributed by atoms with E-state index in [1.54, 1.807) is 10.9 Å². The number of aryl methyl sites for hydroxylation is 2. The van der Waals surface area contributed by atoms with Crippen LogP contribution in [0.2, 0.25) is 0 Å². The monoisotopic (exact) mass is 358 g/mol. The van der Waals surface area contributed by atoms with E-state index in [2.05, 4.69) is 15.0 Å². The van der Waals surface area contributed by atoms with Crippen molar-refractivity contribution in [3.05, 3.63) is 30.6 Å². The Labute approximate surface area is 153 Å². The van der Waals surface area contributed by atoms with Crippen LogP contribution in [-0.4, -0.2) is 62.9 Å². The lowest BCUT2D eigenvalue weighted by molar-refractivity contribution is -0.122. The first-order valence-electron chi connectivity index (χ1n) is 9.22. The predicted octanol–water partition coefficient (Wildman–Crippen LogP) is 0.970. The molecule has 2 aromatic rings. The summed E-state index contributed by atoms with van der Waals surface area (Å²) in [6.45, 7) is 3.65. The smallest absolute Gasteiger partial charge is 0.241 e. The summed E-state index contributed by atoms with van der Waals surface area (Å²) < 4.78 is 9.83. The third-order valence-electron chi connectivity index (χ3n) is 5.35. The lowest BCUT2D eigenvalue weighted by Crippen LogP contribution is -2.52. The molecule has 0 spiro atoms. The van der Waals surface area contributed by atoms with Gasteiger partial charge in [0.05, 0.1) is 18.4 Å². The second-order valence-corrected chi connectivity index (χ2v) is 7.24. The number of amides is 1. The van der Waals surface area contributed by atoms with Gasteiger partial charge in [-0.15, -0.1) is 0 Å². The van der Waals surface area contributed by atoms with E-state index in [9.17, 15) is 4.79 Å². The summed E-state index contributed by atoms with van der Waals surface area (Å²) >= 11 is 0. The molecule has 0 saturated carbocycles. The van der Waals surface area contributed by atoms with Crippen LogP contribution in [0.5, 0.6) is 0 Å². The number of carbonyl (C=O) groups is 1. The third kappa shape index (κ3) is 3.39. The van der Waals surface area contributed by atoms with Gasteiger partial charge >= 0.3 is 0 Å². The first-order valence-corrected chi connectivity index (χ1v) is 9.22. The van der Waals surface area contributed by atoms with Gasteiger partial charge in [0.2, 0.25) is 5.91 Å². The molecule has 2 fully saturated rings. The number of rotatable bonds is 4. The van der Waals surface area contributed by atoms with Gasteiger partial charge in [-0.3, -0.25) is 14.4 Å². The fourth-order valence-electron chi connectivity index (χ4n) is 4.00. The zero-order valence-electron chi connectivity index (χ0n) is 15.4. The summed E-state index contributed by atoms with van der Waals surface area (Å²) in [5.74, 6) is 1.48. The van der Waals surface area contributed by atoms with E-state index in [4.69, 9.17) is 4.74 Å². The minimum atomic E-state index is 0.00945. The first kappa shape index (κ1) is 17.2. The Morgan fingerprint density at radius 1 is 1.31 bits per heavy atom. The molecule has 2 aliphatic heterocycles. The van der Waals surface area contributed by atoms with E-state index in [-0.39, 0.29) is 12.0 Å². The van der Waals surface area contributed by atoms with Crippen molar-refractivity contribution in [2.24, 2.45) is 20.0 Å². The van der Waals surface area contributed by atoms with Gasteiger partial charge < -0.3 is 14.2 Å². The molecular weight excluding hydrogens is 332 g/mol. The molecule has 140 valence electrons. The van der Waals surface area contributed by atoms with Crippen molar-refractivity contribution >= 4 is 11.6 Å². The minimum absolute atomic E-state index is 0.00945. The average Bonchev–Trinajstić information content (AvgIpc) is 3.24. The Morgan fingerprint density at radius 2 is 2.19 bits per heavy atom. The van der Waals surface area contributed by atoms with Crippen molar-refractivity contribution in [2.75, 3.05) is 37.7 Å². The molecule has 0 N–H and O–H groups in total. The lowest BCUT2D eigenvalue weighted by atomic mass is 9.92. The highest BCUT2D eigenvalue weighted by Crippen LogP contribution is 2.33. The number of hydrogen-bond acceptors (Lipinski definition) is 5. The molecule has 1 amide bonds. The van der Waals surface area contributed by atoms with Crippen LogP contribution >= 0.6 is 0 Å². The number of ether oxygens (including phenoxy) is 1. The molecule has 0 radical (unpaired) electrons. The minimum Gasteiger partial charge on any atom is -0.370 e. The van der Waals surface area contributed by atoms with Crippen LogP contribution in [0.25, 0.3) is 0 Å². The summed E-state index contributed by atoms with van der Waals surface area (Å²) in [4.78, 5) is 21.2. The summed E-state index contributed by atoms with van der Waals surface area (Å²) in [5.41, 5.74) is 0.879. The SMILES string of the molecule is Cn1cc(N2CCN(C[C@@H]3CCCO[C@H]3c3nccn3C)CC2=O)cn1. The zero-order valence-corrected chi connectivity index (χ0v) is 15.4. The van der Waals surface area contributed by atoms with Crippen LogP contribution in [0.1, 0.15) is 24.8 Å². The average molecular weight is 358 g/mol. The van der Waals surface area contributed by atoms with Gasteiger partial charge in [0.1, 0.15) is 11.9 Å². The van der Waals surface area contributed by atoms with Gasteiger partial charge in [-0.1, -0.05) is 0 Å². The van der Waals surface area contributed by atoms with Crippen LogP contribution in [0.15, 0.2) is 24.8 Å². The Kier molecular flexibility index (Phi) is 4.78. The normalized spacial score (nSPS) is 25.0. The lowest BCUT2D eigenvalue weighted by Gasteiger charge is -2.38. The Balaban J connectivity index is 1.41. The van der Waals surface area contributed by atoms with Crippen molar-refractivity contribution in [3.8, 4) is 0 Å². The maximum absolute atomic E-state index is 12.6. The second kappa shape index (κ2) is 7.20. The van der Waals surface area contributed by atoms with Crippen molar-refractivity contribution in [3.63, 3.8) is 0 Å². The van der Waals surface area contributed by atoms with Crippen molar-refractivity contribution < 1.29 is 9.53 Å². The summed E-state index contributed by atoms with van der Waals surface area (Å²) in [7, 11) is 3.87. The number of carbonyl (C=O) groups excluding carboxylic acids is 1. The van der Waals surface area contributed by atoms with Crippen LogP contribution in [-0.2, 0) is 23.6 Å². The number of piperazine rings is 1. The van der Waals surface area contributed by atoms with Crippen LogP contribution in [0, 0.1) is 5.92 Å². The van der Waals surface area contributed by atoms with Gasteiger partial charge in [0.25, 0.3) is 0 Å². The molecule has 8 heteroatoms. The number of nitrogens with zero attached hydrogens (tertiary/aromatic N) is 6. The topological polar surface area (TPSA) is 68.4 Å². The van der Waals surface area contributed by atoms with E-state index in [0.717, 1.165) is 44.0 Å². The molecule has 0 bridgehead atoms. The fourth-order valence-corrected chi connectivity index (χ4v) is 4.00. The highest BCUT2D eigenvalue weighted by molar-refractivity contribution is 5.95. The molecule has 0 aromatic carbocycles. The maximum Gasteiger partial charge on any atom is 0.241 e. The molecule has 26 heavy (non-hydrogen) atoms. The molecular formula is C18H26N6O2. The quantitative estimate of drug-likeness (QED) is 0.815. The van der Waals surface area contributed by atoms with Crippen molar-refractivity contribution in [1.82, 2.24) is 24.2 Å². The summed E-state index contributed by atoms with van der Waals surface area (Å²) in [6, 6.07) is 0. The van der Waals surface area contributed by atoms with Gasteiger partial charge in [0.15, 0.2) is 0 Å². The number of anilines is 1. The molecule has 4 rings (SSSR count). The number of imidazole rings is 1. The molecule has 4 heterocycles. The van der Waals surface area contributed by atoms with Gasteiger partial charge in [-0.05, 0) is 12.8 Å². The molecule has 2 saturated heterocycles. The Morgan fingerprint density at radius 3 is 2.88 bits per heavy atom. The molecule has 2 aromatic heterocycles. The summed E-state index contributed by atoms with van der Waals surface area (Å²) in [6.07, 6.45) is 9.60. The number of hydrogen-bond donors (Lipinski definition) is 0. The van der Waals surface area contributed by atoms with Crippen LogP contribution in [0.3, 0.4) is 0 Å². The van der Waals surface area contributed by atoms with E-state index in [0.29, 0.717) is 19.0 Å². The highest BCUT2D eigenvalue weighted by atomic mass is 16.5. The zero-order chi connectivity index (χ0) is 18.1. The van der Waals surface area contributed by atoms with E-state index < -0.39 is 0 Å². The van der Waals surface area contributed by atoms with Crippen molar-refractivity contribution in [2.45, 2.75) is 18.9 Å². The number of aromatic nitrogens is 4. The maximum atomic E-state index is 12.6. The van der Waals surface area contributed by atoms with Gasteiger partial charge in [-0.25, -0.2) is 4.98 Å². The fraction of sp³-hybridized carbons (Fsp3) is 0.611. The molecule has 0 unspecified atom stereocenters. The largest absolute Gasteiger partial charge is 0.370 e. The molecule has 2 aliphatic rings. The van der Waals surface area contributed by atoms with Gasteiger partial charge in [0, 0.05) is 64.8 Å². The van der Waals surface area contributed by atoms with E-state index in [1.807, 2.05) is 42.2 Å². The standard InChI is InChI=1S/C18H26N6O2/c1-21-6-5-19-18(21)17-14(4-3-9-26-17)11-23-7-8-24(16(25)13-23)15-10-20-22(2)12-15/h5-6,10,12,14,17H,3-4,7-9,11,13H2,1-2H3/t14-,17+/m0/s1. The Bertz CT molecular complexity index is 769.